The number of carbonyl (C=O) groups excluding carboxylic acids is 1. The fraction of sp³-hybridized carbons (Fsp3) is 0.800. The lowest BCUT2D eigenvalue weighted by atomic mass is 9.98. The maximum Gasteiger partial charge on any atom is 0.306 e. The number of hydrogen-bond donors (Lipinski definition) is 7. The van der Waals surface area contributed by atoms with Gasteiger partial charge in [-0.2, -0.15) is 0 Å². The molecule has 0 bridgehead atoms. The summed E-state index contributed by atoms with van der Waals surface area (Å²) in [5, 5.41) is 72.5. The van der Waals surface area contributed by atoms with E-state index >= 15 is 0 Å². The quantitative estimate of drug-likeness (QED) is 0.0172. The Bertz CT molecular complexity index is 1580. The van der Waals surface area contributed by atoms with Crippen LogP contribution in [0.1, 0.15) is 232 Å². The number of carbonyl (C=O) groups is 1. The van der Waals surface area contributed by atoms with Crippen LogP contribution in [0.5, 0.6) is 0 Å². The van der Waals surface area contributed by atoms with Crippen LogP contribution in [0.25, 0.3) is 0 Å². The Morgan fingerprint density at radius 1 is 0.418 bits per heavy atom. The topological polar surface area (TPSA) is 214 Å². The van der Waals surface area contributed by atoms with Crippen molar-refractivity contribution < 1.29 is 69.0 Å². The standard InChI is InChI=1S/C65H114O14/c1-3-5-7-9-11-13-15-17-19-21-23-25-27-28-30-32-34-36-38-40-42-44-46-48-57(67)77-54(51-74-49-47-45-43-41-39-37-35-33-31-29-26-24-22-20-18-16-14-12-10-8-6-4-2)52-75-64-63(73)61(71)59(69)56(79-64)53-76-65-62(72)60(70)58(68)55(50-66)78-65/h15-18,21-24,27-29,31,54-56,58-66,68-73H,3-14,19-20,25-26,30,32-53H2,1-2H3/b17-15-,18-16-,23-21-,24-22-,28-27-,31-29-. The molecule has 14 heteroatoms. The second-order valence-electron chi connectivity index (χ2n) is 21.9. The Labute approximate surface area is 478 Å². The molecule has 0 aromatic heterocycles. The average molecular weight is 1120 g/mol. The van der Waals surface area contributed by atoms with Crippen LogP contribution in [0.4, 0.5) is 0 Å². The summed E-state index contributed by atoms with van der Waals surface area (Å²) < 4.78 is 34.4. The third kappa shape index (κ3) is 37.3. The van der Waals surface area contributed by atoms with Crippen molar-refractivity contribution in [3.8, 4) is 0 Å². The van der Waals surface area contributed by atoms with E-state index in [-0.39, 0.29) is 25.6 Å². The number of aliphatic hydroxyl groups excluding tert-OH is 7. The van der Waals surface area contributed by atoms with Crippen molar-refractivity contribution in [2.45, 2.75) is 300 Å². The Morgan fingerprint density at radius 3 is 1.23 bits per heavy atom. The fourth-order valence-corrected chi connectivity index (χ4v) is 9.59. The molecule has 0 amide bonds. The van der Waals surface area contributed by atoms with Gasteiger partial charge in [0.05, 0.1) is 26.4 Å². The van der Waals surface area contributed by atoms with Crippen LogP contribution in [-0.2, 0) is 33.2 Å². The van der Waals surface area contributed by atoms with Crippen LogP contribution in [0, 0.1) is 0 Å². The highest BCUT2D eigenvalue weighted by Crippen LogP contribution is 2.27. The van der Waals surface area contributed by atoms with Gasteiger partial charge >= 0.3 is 5.97 Å². The van der Waals surface area contributed by atoms with Crippen molar-refractivity contribution in [2.24, 2.45) is 0 Å². The maximum absolute atomic E-state index is 13.1. The van der Waals surface area contributed by atoms with Gasteiger partial charge in [-0.1, -0.05) is 209 Å². The highest BCUT2D eigenvalue weighted by atomic mass is 16.7. The summed E-state index contributed by atoms with van der Waals surface area (Å²) in [6.45, 7) is 3.65. The average Bonchev–Trinajstić information content (AvgIpc) is 3.46. The summed E-state index contributed by atoms with van der Waals surface area (Å²) in [6.07, 6.45) is 49.5. The number of allylic oxidation sites excluding steroid dienone is 12. The number of rotatable bonds is 51. The van der Waals surface area contributed by atoms with Crippen molar-refractivity contribution in [1.29, 1.82) is 0 Å². The zero-order chi connectivity index (χ0) is 57.2. The Balaban J connectivity index is 1.70. The molecule has 0 radical (unpaired) electrons. The molecule has 2 aliphatic heterocycles. The summed E-state index contributed by atoms with van der Waals surface area (Å²) >= 11 is 0. The highest BCUT2D eigenvalue weighted by Gasteiger charge is 2.47. The van der Waals surface area contributed by atoms with Crippen LogP contribution in [-0.4, -0.2) is 142 Å². The summed E-state index contributed by atoms with van der Waals surface area (Å²) in [7, 11) is 0. The summed E-state index contributed by atoms with van der Waals surface area (Å²) in [4.78, 5) is 13.1. The first-order valence-corrected chi connectivity index (χ1v) is 31.5. The van der Waals surface area contributed by atoms with Gasteiger partial charge in [0, 0.05) is 13.0 Å². The van der Waals surface area contributed by atoms with Crippen molar-refractivity contribution in [2.75, 3.05) is 33.0 Å². The third-order valence-corrected chi connectivity index (χ3v) is 14.7. The van der Waals surface area contributed by atoms with E-state index in [1.54, 1.807) is 0 Å². The van der Waals surface area contributed by atoms with Gasteiger partial charge in [-0.15, -0.1) is 0 Å². The molecule has 11 atom stereocenters. The molecule has 79 heavy (non-hydrogen) atoms. The predicted octanol–water partition coefficient (Wildman–Crippen LogP) is 12.2. The van der Waals surface area contributed by atoms with Crippen molar-refractivity contribution in [3.63, 3.8) is 0 Å². The Hall–Kier alpha value is -2.57. The third-order valence-electron chi connectivity index (χ3n) is 14.7. The van der Waals surface area contributed by atoms with E-state index in [4.69, 9.17) is 28.4 Å². The maximum atomic E-state index is 13.1. The molecule has 7 N–H and O–H groups in total. The minimum absolute atomic E-state index is 0.0487. The summed E-state index contributed by atoms with van der Waals surface area (Å²) in [6, 6.07) is 0. The lowest BCUT2D eigenvalue weighted by molar-refractivity contribution is -0.332. The van der Waals surface area contributed by atoms with E-state index in [9.17, 15) is 40.5 Å². The van der Waals surface area contributed by atoms with E-state index in [0.717, 1.165) is 77.0 Å². The smallest absolute Gasteiger partial charge is 0.306 e. The van der Waals surface area contributed by atoms with Crippen LogP contribution < -0.4 is 0 Å². The summed E-state index contributed by atoms with van der Waals surface area (Å²) in [5.41, 5.74) is 0. The molecule has 458 valence electrons. The minimum atomic E-state index is -1.71. The van der Waals surface area contributed by atoms with Gasteiger partial charge in [0.1, 0.15) is 54.9 Å². The molecule has 14 nitrogen and oxygen atoms in total. The molecule has 0 aliphatic carbocycles. The minimum Gasteiger partial charge on any atom is -0.457 e. The Kier molecular flexibility index (Phi) is 46.9. The molecule has 0 spiro atoms. The van der Waals surface area contributed by atoms with Crippen LogP contribution in [0.15, 0.2) is 72.9 Å². The number of esters is 1. The van der Waals surface area contributed by atoms with Gasteiger partial charge in [-0.05, 0) is 89.9 Å². The molecule has 0 aromatic carbocycles. The van der Waals surface area contributed by atoms with Gasteiger partial charge < -0.3 is 64.2 Å². The molecule has 11 unspecified atom stereocenters. The largest absolute Gasteiger partial charge is 0.457 e. The van der Waals surface area contributed by atoms with Gasteiger partial charge in [-0.3, -0.25) is 4.79 Å². The van der Waals surface area contributed by atoms with Crippen LogP contribution in [0.2, 0.25) is 0 Å². The SMILES string of the molecule is CCCCCCC/C=C\C/C=C\C/C=C\CCCCCCCCCCC(=O)OC(COCCCCCCCCC/C=C\C/C=C\C/C=C\CCCCCCC)COC1OC(COC2OC(CO)C(O)C(O)C2O)C(O)C(O)C1O. The molecule has 2 saturated heterocycles. The van der Waals surface area contributed by atoms with Gasteiger partial charge in [-0.25, -0.2) is 0 Å². The fourth-order valence-electron chi connectivity index (χ4n) is 9.59. The van der Waals surface area contributed by atoms with Crippen molar-refractivity contribution in [3.05, 3.63) is 72.9 Å². The lowest BCUT2D eigenvalue weighted by Crippen LogP contribution is -2.61. The van der Waals surface area contributed by atoms with Gasteiger partial charge in [0.15, 0.2) is 12.6 Å². The number of unbranched alkanes of at least 4 members (excludes halogenated alkanes) is 25. The van der Waals surface area contributed by atoms with E-state index in [1.165, 1.54) is 128 Å². The Morgan fingerprint density at radius 2 is 0.785 bits per heavy atom. The first kappa shape index (κ1) is 72.5. The second-order valence-corrected chi connectivity index (χ2v) is 21.9. The van der Waals surface area contributed by atoms with Gasteiger partial charge in [0.25, 0.3) is 0 Å². The second kappa shape index (κ2) is 51.1. The first-order chi connectivity index (χ1) is 38.6. The molecule has 2 heterocycles. The lowest BCUT2D eigenvalue weighted by Gasteiger charge is -2.42. The molecule has 0 saturated carbocycles. The zero-order valence-corrected chi connectivity index (χ0v) is 49.3. The molecule has 2 rings (SSSR count). The van der Waals surface area contributed by atoms with Crippen LogP contribution in [0.3, 0.4) is 0 Å². The van der Waals surface area contributed by atoms with E-state index < -0.39 is 80.7 Å². The first-order valence-electron chi connectivity index (χ1n) is 31.5. The van der Waals surface area contributed by atoms with Crippen LogP contribution >= 0.6 is 0 Å². The van der Waals surface area contributed by atoms with Crippen molar-refractivity contribution >= 4 is 5.97 Å². The number of hydrogen-bond acceptors (Lipinski definition) is 14. The normalized spacial score (nSPS) is 24.5. The predicted molar refractivity (Wildman–Crippen MR) is 316 cm³/mol. The van der Waals surface area contributed by atoms with E-state index in [1.807, 2.05) is 0 Å². The number of aliphatic hydroxyl groups is 7. The number of ether oxygens (including phenoxy) is 6. The van der Waals surface area contributed by atoms with E-state index in [2.05, 4.69) is 86.8 Å². The summed E-state index contributed by atoms with van der Waals surface area (Å²) in [5.74, 6) is -0.387. The molecular weight excluding hydrogens is 1000 g/mol. The molecular formula is C65H114O14. The van der Waals surface area contributed by atoms with E-state index in [0.29, 0.717) is 13.0 Å². The zero-order valence-electron chi connectivity index (χ0n) is 49.3. The highest BCUT2D eigenvalue weighted by molar-refractivity contribution is 5.69. The van der Waals surface area contributed by atoms with Gasteiger partial charge in [0.2, 0.25) is 0 Å². The molecule has 0 aromatic rings. The van der Waals surface area contributed by atoms with Crippen molar-refractivity contribution in [1.82, 2.24) is 0 Å². The molecule has 2 aliphatic rings. The molecule has 2 fully saturated rings. The monoisotopic (exact) mass is 1120 g/mol.